The van der Waals surface area contributed by atoms with Crippen LogP contribution in [0.4, 0.5) is 8.78 Å². The Morgan fingerprint density at radius 1 is 1.28 bits per heavy atom. The molecule has 2 rings (SSSR count). The van der Waals surface area contributed by atoms with Crippen molar-refractivity contribution >= 4 is 0 Å². The van der Waals surface area contributed by atoms with Crippen LogP contribution < -0.4 is 5.32 Å². The largest absolute Gasteiger partial charge is 0.316 e. The first-order valence-electron chi connectivity index (χ1n) is 6.65. The fourth-order valence-corrected chi connectivity index (χ4v) is 2.30. The quantitative estimate of drug-likeness (QED) is 0.817. The second kappa shape index (κ2) is 5.35. The van der Waals surface area contributed by atoms with E-state index in [1.807, 2.05) is 0 Å². The van der Waals surface area contributed by atoms with E-state index in [1.54, 1.807) is 0 Å². The molecule has 18 heavy (non-hydrogen) atoms. The van der Waals surface area contributed by atoms with Crippen molar-refractivity contribution in [2.24, 2.45) is 11.3 Å². The van der Waals surface area contributed by atoms with Gasteiger partial charge in [0.2, 0.25) is 0 Å². The highest BCUT2D eigenvalue weighted by atomic mass is 19.1. The van der Waals surface area contributed by atoms with E-state index >= 15 is 0 Å². The van der Waals surface area contributed by atoms with E-state index in [2.05, 4.69) is 19.2 Å². The molecular weight excluding hydrogens is 232 g/mol. The zero-order valence-electron chi connectivity index (χ0n) is 11.1. The molecule has 100 valence electrons. The summed E-state index contributed by atoms with van der Waals surface area (Å²) in [6.45, 7) is 6.21. The molecule has 0 aliphatic heterocycles. The highest BCUT2D eigenvalue weighted by molar-refractivity contribution is 5.22. The summed E-state index contributed by atoms with van der Waals surface area (Å²) in [6, 6.07) is 3.73. The van der Waals surface area contributed by atoms with E-state index < -0.39 is 0 Å². The molecule has 1 aromatic rings. The Labute approximate surface area is 108 Å². The van der Waals surface area contributed by atoms with Crippen molar-refractivity contribution in [1.82, 2.24) is 5.32 Å². The third kappa shape index (κ3) is 3.52. The van der Waals surface area contributed by atoms with E-state index in [9.17, 15) is 8.78 Å². The molecule has 0 atom stereocenters. The average Bonchev–Trinajstić information content (AvgIpc) is 3.03. The molecular formula is C15H21F2N. The van der Waals surface area contributed by atoms with Gasteiger partial charge < -0.3 is 5.32 Å². The number of rotatable bonds is 6. The zero-order chi connectivity index (χ0) is 13.2. The van der Waals surface area contributed by atoms with Gasteiger partial charge in [0.05, 0.1) is 0 Å². The van der Waals surface area contributed by atoms with E-state index in [4.69, 9.17) is 0 Å². The maximum Gasteiger partial charge on any atom is 0.126 e. The molecule has 1 fully saturated rings. The molecule has 0 unspecified atom stereocenters. The molecule has 0 saturated heterocycles. The Kier molecular flexibility index (Phi) is 4.00. The van der Waals surface area contributed by atoms with Crippen LogP contribution in [0.2, 0.25) is 0 Å². The molecule has 0 amide bonds. The lowest BCUT2D eigenvalue weighted by Gasteiger charge is -2.17. The minimum absolute atomic E-state index is 0.156. The van der Waals surface area contributed by atoms with Crippen molar-refractivity contribution in [2.45, 2.75) is 33.1 Å². The molecule has 0 heterocycles. The lowest BCUT2D eigenvalue weighted by molar-refractivity contribution is 0.424. The first kappa shape index (κ1) is 13.5. The molecule has 0 spiro atoms. The summed E-state index contributed by atoms with van der Waals surface area (Å²) in [5, 5.41) is 3.43. The number of halogens is 2. The fourth-order valence-electron chi connectivity index (χ4n) is 2.30. The summed E-state index contributed by atoms with van der Waals surface area (Å²) in [7, 11) is 0. The SMILES string of the molecule is CC(C)CNCC1(Cc2cc(F)ccc2F)CC1. The molecule has 1 saturated carbocycles. The van der Waals surface area contributed by atoms with Gasteiger partial charge in [-0.1, -0.05) is 13.8 Å². The van der Waals surface area contributed by atoms with E-state index in [1.165, 1.54) is 18.2 Å². The molecule has 0 aromatic heterocycles. The zero-order valence-corrected chi connectivity index (χ0v) is 11.1. The molecule has 0 bridgehead atoms. The summed E-state index contributed by atoms with van der Waals surface area (Å²) in [5.74, 6) is -0.0180. The van der Waals surface area contributed by atoms with E-state index in [-0.39, 0.29) is 17.0 Å². The smallest absolute Gasteiger partial charge is 0.126 e. The van der Waals surface area contributed by atoms with Crippen LogP contribution in [0, 0.1) is 23.0 Å². The predicted octanol–water partition coefficient (Wildman–Crippen LogP) is 3.53. The van der Waals surface area contributed by atoms with Gasteiger partial charge in [0.1, 0.15) is 11.6 Å². The summed E-state index contributed by atoms with van der Waals surface area (Å²) in [6.07, 6.45) is 2.85. The Balaban J connectivity index is 1.94. The normalized spacial score (nSPS) is 17.2. The Bertz CT molecular complexity index is 411. The van der Waals surface area contributed by atoms with Crippen molar-refractivity contribution in [1.29, 1.82) is 0 Å². The Morgan fingerprint density at radius 2 is 2.00 bits per heavy atom. The van der Waals surface area contributed by atoms with Crippen molar-refractivity contribution in [3.05, 3.63) is 35.4 Å². The number of hydrogen-bond donors (Lipinski definition) is 1. The topological polar surface area (TPSA) is 12.0 Å². The predicted molar refractivity (Wildman–Crippen MR) is 69.4 cm³/mol. The molecule has 1 aliphatic rings. The number of hydrogen-bond acceptors (Lipinski definition) is 1. The van der Waals surface area contributed by atoms with Gasteiger partial charge in [0, 0.05) is 6.54 Å². The second-order valence-corrected chi connectivity index (χ2v) is 5.94. The lowest BCUT2D eigenvalue weighted by atomic mass is 9.95. The van der Waals surface area contributed by atoms with Crippen LogP contribution in [-0.2, 0) is 6.42 Å². The third-order valence-electron chi connectivity index (χ3n) is 3.58. The minimum atomic E-state index is -0.350. The molecule has 1 aliphatic carbocycles. The van der Waals surface area contributed by atoms with Crippen LogP contribution in [0.5, 0.6) is 0 Å². The average molecular weight is 253 g/mol. The van der Waals surface area contributed by atoms with Crippen LogP contribution >= 0.6 is 0 Å². The minimum Gasteiger partial charge on any atom is -0.316 e. The van der Waals surface area contributed by atoms with Gasteiger partial charge in [-0.3, -0.25) is 0 Å². The lowest BCUT2D eigenvalue weighted by Crippen LogP contribution is -2.28. The van der Waals surface area contributed by atoms with Gasteiger partial charge in [-0.25, -0.2) is 8.78 Å². The van der Waals surface area contributed by atoms with Gasteiger partial charge in [-0.15, -0.1) is 0 Å². The maximum absolute atomic E-state index is 13.6. The Hall–Kier alpha value is -0.960. The number of nitrogens with one attached hydrogen (secondary N) is 1. The van der Waals surface area contributed by atoms with Gasteiger partial charge in [0.25, 0.3) is 0 Å². The monoisotopic (exact) mass is 253 g/mol. The molecule has 1 aromatic carbocycles. The standard InChI is InChI=1S/C15H21F2N/c1-11(2)9-18-10-15(5-6-15)8-12-7-13(16)3-4-14(12)17/h3-4,7,11,18H,5-6,8-10H2,1-2H3. The summed E-state index contributed by atoms with van der Waals surface area (Å²) in [4.78, 5) is 0. The number of benzene rings is 1. The van der Waals surface area contributed by atoms with Crippen LogP contribution in [-0.4, -0.2) is 13.1 Å². The first-order valence-corrected chi connectivity index (χ1v) is 6.65. The van der Waals surface area contributed by atoms with Gasteiger partial charge >= 0.3 is 0 Å². The van der Waals surface area contributed by atoms with Gasteiger partial charge in [-0.2, -0.15) is 0 Å². The summed E-state index contributed by atoms with van der Waals surface area (Å²) < 4.78 is 26.7. The highest BCUT2D eigenvalue weighted by Gasteiger charge is 2.42. The summed E-state index contributed by atoms with van der Waals surface area (Å²) in [5.41, 5.74) is 0.669. The van der Waals surface area contributed by atoms with E-state index in [0.717, 1.165) is 25.9 Å². The maximum atomic E-state index is 13.6. The van der Waals surface area contributed by atoms with Crippen molar-refractivity contribution < 1.29 is 8.78 Å². The summed E-state index contributed by atoms with van der Waals surface area (Å²) >= 11 is 0. The fraction of sp³-hybridized carbons (Fsp3) is 0.600. The molecule has 3 heteroatoms. The van der Waals surface area contributed by atoms with Crippen LogP contribution in [0.25, 0.3) is 0 Å². The van der Waals surface area contributed by atoms with Crippen LogP contribution in [0.1, 0.15) is 32.3 Å². The molecule has 0 radical (unpaired) electrons. The van der Waals surface area contributed by atoms with Crippen LogP contribution in [0.15, 0.2) is 18.2 Å². The van der Waals surface area contributed by atoms with Crippen molar-refractivity contribution in [2.75, 3.05) is 13.1 Å². The molecule has 1 N–H and O–H groups in total. The second-order valence-electron chi connectivity index (χ2n) is 5.94. The highest BCUT2D eigenvalue weighted by Crippen LogP contribution is 2.48. The van der Waals surface area contributed by atoms with Crippen LogP contribution in [0.3, 0.4) is 0 Å². The molecule has 1 nitrogen and oxygen atoms in total. The first-order chi connectivity index (χ1) is 8.51. The van der Waals surface area contributed by atoms with Crippen molar-refractivity contribution in [3.63, 3.8) is 0 Å². The Morgan fingerprint density at radius 3 is 2.61 bits per heavy atom. The van der Waals surface area contributed by atoms with Gasteiger partial charge in [0.15, 0.2) is 0 Å². The van der Waals surface area contributed by atoms with E-state index in [0.29, 0.717) is 17.9 Å². The third-order valence-corrected chi connectivity index (χ3v) is 3.58. The van der Waals surface area contributed by atoms with Crippen molar-refractivity contribution in [3.8, 4) is 0 Å². The van der Waals surface area contributed by atoms with Gasteiger partial charge in [-0.05, 0) is 60.9 Å².